The fraction of sp³-hybridized carbons (Fsp3) is 0.923. The molecule has 0 saturated heterocycles. The third-order valence-electron chi connectivity index (χ3n) is 3.80. The van der Waals surface area contributed by atoms with Gasteiger partial charge in [-0.3, -0.25) is 4.79 Å². The number of carbonyl (C=O) groups is 1. The van der Waals surface area contributed by atoms with Gasteiger partial charge < -0.3 is 15.4 Å². The van der Waals surface area contributed by atoms with Gasteiger partial charge in [-0.2, -0.15) is 0 Å². The first-order chi connectivity index (χ1) is 7.87. The van der Waals surface area contributed by atoms with E-state index in [1.165, 1.54) is 12.8 Å². The predicted molar refractivity (Wildman–Crippen MR) is 68.7 cm³/mol. The van der Waals surface area contributed by atoms with Gasteiger partial charge in [-0.1, -0.05) is 12.8 Å². The quantitative estimate of drug-likeness (QED) is 0.813. The summed E-state index contributed by atoms with van der Waals surface area (Å²) in [5.41, 5.74) is 5.69. The molecule has 0 aromatic rings. The highest BCUT2D eigenvalue weighted by Gasteiger charge is 2.31. The van der Waals surface area contributed by atoms with E-state index in [1.807, 2.05) is 25.8 Å². The number of nitrogens with zero attached hydrogens (tertiary/aromatic N) is 1. The highest BCUT2D eigenvalue weighted by atomic mass is 16.5. The Balaban J connectivity index is 2.56. The monoisotopic (exact) mass is 242 g/mol. The van der Waals surface area contributed by atoms with E-state index in [1.54, 1.807) is 7.11 Å². The van der Waals surface area contributed by atoms with Gasteiger partial charge in [0.15, 0.2) is 0 Å². The summed E-state index contributed by atoms with van der Waals surface area (Å²) in [5, 5.41) is 0. The highest BCUT2D eigenvalue weighted by Crippen LogP contribution is 2.23. The standard InChI is InChI=1S/C13H26N2O2/c1-13(2,17-4)9-12(16)15(3)11-8-6-5-7-10(11)14/h10-11H,5-9,14H2,1-4H3. The van der Waals surface area contributed by atoms with Gasteiger partial charge in [0.2, 0.25) is 5.91 Å². The van der Waals surface area contributed by atoms with Crippen LogP contribution < -0.4 is 5.73 Å². The fourth-order valence-corrected chi connectivity index (χ4v) is 2.37. The Bertz CT molecular complexity index is 266. The molecule has 2 unspecified atom stereocenters. The van der Waals surface area contributed by atoms with Crippen LogP contribution in [-0.4, -0.2) is 42.6 Å². The van der Waals surface area contributed by atoms with Crippen molar-refractivity contribution in [3.63, 3.8) is 0 Å². The molecule has 0 bridgehead atoms. The molecule has 1 amide bonds. The average molecular weight is 242 g/mol. The number of likely N-dealkylation sites (N-methyl/N-ethyl adjacent to an activating group) is 1. The summed E-state index contributed by atoms with van der Waals surface area (Å²) >= 11 is 0. The summed E-state index contributed by atoms with van der Waals surface area (Å²) in [6.07, 6.45) is 4.81. The van der Waals surface area contributed by atoms with Crippen molar-refractivity contribution in [2.75, 3.05) is 14.2 Å². The maximum atomic E-state index is 12.2. The van der Waals surface area contributed by atoms with Crippen LogP contribution in [0.3, 0.4) is 0 Å². The van der Waals surface area contributed by atoms with Crippen LogP contribution in [0.2, 0.25) is 0 Å². The molecule has 0 radical (unpaired) electrons. The zero-order chi connectivity index (χ0) is 13.1. The number of nitrogens with two attached hydrogens (primary N) is 1. The van der Waals surface area contributed by atoms with Crippen molar-refractivity contribution in [2.24, 2.45) is 5.73 Å². The van der Waals surface area contributed by atoms with Gasteiger partial charge in [-0.05, 0) is 26.7 Å². The summed E-state index contributed by atoms with van der Waals surface area (Å²) < 4.78 is 5.29. The SMILES string of the molecule is COC(C)(C)CC(=O)N(C)C1CCCCC1N. The Morgan fingerprint density at radius 1 is 1.41 bits per heavy atom. The number of rotatable bonds is 4. The maximum Gasteiger partial charge on any atom is 0.225 e. The fourth-order valence-electron chi connectivity index (χ4n) is 2.37. The predicted octanol–water partition coefficient (Wildman–Crippen LogP) is 1.53. The van der Waals surface area contributed by atoms with E-state index < -0.39 is 5.60 Å². The summed E-state index contributed by atoms with van der Waals surface area (Å²) in [6, 6.07) is 0.326. The van der Waals surface area contributed by atoms with Crippen molar-refractivity contribution in [3.05, 3.63) is 0 Å². The molecule has 4 heteroatoms. The molecule has 2 N–H and O–H groups in total. The molecule has 1 rings (SSSR count). The molecule has 0 heterocycles. The largest absolute Gasteiger partial charge is 0.378 e. The minimum absolute atomic E-state index is 0.124. The lowest BCUT2D eigenvalue weighted by Crippen LogP contribution is -2.51. The van der Waals surface area contributed by atoms with E-state index in [2.05, 4.69) is 0 Å². The normalized spacial score (nSPS) is 25.7. The molecule has 0 aromatic carbocycles. The molecule has 0 aromatic heterocycles. The second kappa shape index (κ2) is 5.83. The maximum absolute atomic E-state index is 12.2. The van der Waals surface area contributed by atoms with Gasteiger partial charge in [0.1, 0.15) is 0 Å². The van der Waals surface area contributed by atoms with Crippen LogP contribution in [-0.2, 0) is 9.53 Å². The first-order valence-corrected chi connectivity index (χ1v) is 6.44. The number of amides is 1. The van der Waals surface area contributed by atoms with Gasteiger partial charge >= 0.3 is 0 Å². The van der Waals surface area contributed by atoms with Crippen LogP contribution in [0.5, 0.6) is 0 Å². The molecule has 1 saturated carbocycles. The zero-order valence-electron chi connectivity index (χ0n) is 11.5. The minimum Gasteiger partial charge on any atom is -0.378 e. The van der Waals surface area contributed by atoms with Crippen LogP contribution in [0.15, 0.2) is 0 Å². The molecule has 1 fully saturated rings. The molecule has 0 aliphatic heterocycles. The lowest BCUT2D eigenvalue weighted by atomic mass is 9.89. The minimum atomic E-state index is -0.399. The van der Waals surface area contributed by atoms with Gasteiger partial charge in [-0.25, -0.2) is 0 Å². The van der Waals surface area contributed by atoms with Crippen LogP contribution >= 0.6 is 0 Å². The van der Waals surface area contributed by atoms with Crippen LogP contribution in [0.4, 0.5) is 0 Å². The Labute approximate surface area is 104 Å². The third kappa shape index (κ3) is 3.96. The van der Waals surface area contributed by atoms with Crippen LogP contribution in [0.1, 0.15) is 46.0 Å². The van der Waals surface area contributed by atoms with E-state index in [4.69, 9.17) is 10.5 Å². The molecule has 17 heavy (non-hydrogen) atoms. The Morgan fingerprint density at radius 3 is 2.53 bits per heavy atom. The number of carbonyl (C=O) groups excluding carboxylic acids is 1. The molecule has 2 atom stereocenters. The van der Waals surface area contributed by atoms with E-state index in [0.717, 1.165) is 12.8 Å². The molecule has 1 aliphatic carbocycles. The number of methoxy groups -OCH3 is 1. The first-order valence-electron chi connectivity index (χ1n) is 6.44. The van der Waals surface area contributed by atoms with E-state index in [9.17, 15) is 4.79 Å². The Hall–Kier alpha value is -0.610. The number of hydrogen-bond acceptors (Lipinski definition) is 3. The summed E-state index contributed by atoms with van der Waals surface area (Å²) in [4.78, 5) is 14.0. The third-order valence-corrected chi connectivity index (χ3v) is 3.80. The van der Waals surface area contributed by atoms with E-state index in [0.29, 0.717) is 6.42 Å². The lowest BCUT2D eigenvalue weighted by molar-refractivity contribution is -0.138. The first kappa shape index (κ1) is 14.5. The van der Waals surface area contributed by atoms with Crippen molar-refractivity contribution >= 4 is 5.91 Å². The van der Waals surface area contributed by atoms with Gasteiger partial charge in [0.05, 0.1) is 12.0 Å². The molecule has 1 aliphatic rings. The summed E-state index contributed by atoms with van der Waals surface area (Å²) in [7, 11) is 3.50. The van der Waals surface area contributed by atoms with E-state index in [-0.39, 0.29) is 18.0 Å². The summed E-state index contributed by atoms with van der Waals surface area (Å²) in [6.45, 7) is 3.86. The Morgan fingerprint density at radius 2 is 2.00 bits per heavy atom. The van der Waals surface area contributed by atoms with Crippen molar-refractivity contribution in [1.29, 1.82) is 0 Å². The zero-order valence-corrected chi connectivity index (χ0v) is 11.5. The number of hydrogen-bond donors (Lipinski definition) is 1. The molecule has 4 nitrogen and oxygen atoms in total. The van der Waals surface area contributed by atoms with Crippen molar-refractivity contribution in [2.45, 2.75) is 63.6 Å². The highest BCUT2D eigenvalue weighted by molar-refractivity contribution is 5.77. The summed E-state index contributed by atoms with van der Waals surface area (Å²) in [5.74, 6) is 0.124. The van der Waals surface area contributed by atoms with Crippen LogP contribution in [0, 0.1) is 0 Å². The second-order valence-electron chi connectivity index (χ2n) is 5.66. The van der Waals surface area contributed by atoms with Crippen molar-refractivity contribution in [3.8, 4) is 0 Å². The average Bonchev–Trinajstić information content (AvgIpc) is 2.28. The second-order valence-corrected chi connectivity index (χ2v) is 5.66. The lowest BCUT2D eigenvalue weighted by Gasteiger charge is -2.37. The van der Waals surface area contributed by atoms with Gasteiger partial charge in [0.25, 0.3) is 0 Å². The topological polar surface area (TPSA) is 55.6 Å². The molecule has 0 spiro atoms. The van der Waals surface area contributed by atoms with Crippen LogP contribution in [0.25, 0.3) is 0 Å². The number of ether oxygens (including phenoxy) is 1. The Kier molecular flexibility index (Phi) is 4.95. The molecule has 100 valence electrons. The van der Waals surface area contributed by atoms with Gasteiger partial charge in [-0.15, -0.1) is 0 Å². The molecular weight excluding hydrogens is 216 g/mol. The van der Waals surface area contributed by atoms with E-state index >= 15 is 0 Å². The molecular formula is C13H26N2O2. The van der Waals surface area contributed by atoms with Gasteiger partial charge in [0, 0.05) is 26.2 Å². The van der Waals surface area contributed by atoms with Crippen molar-refractivity contribution < 1.29 is 9.53 Å². The van der Waals surface area contributed by atoms with Crippen molar-refractivity contribution in [1.82, 2.24) is 4.90 Å². The smallest absolute Gasteiger partial charge is 0.225 e.